The van der Waals surface area contributed by atoms with Crippen molar-refractivity contribution in [3.05, 3.63) is 11.5 Å². The molecule has 0 aliphatic carbocycles. The third-order valence-electron chi connectivity index (χ3n) is 4.96. The average molecular weight is 393 g/mol. The number of rotatable bonds is 8. The SMILES string of the molecule is C#CCCC1(CCNC(=O)C2CCN(S(=O)(=O)c3c(C)noc3C)C2)N=N1. The van der Waals surface area contributed by atoms with E-state index < -0.39 is 15.7 Å². The van der Waals surface area contributed by atoms with Gasteiger partial charge in [0, 0.05) is 38.9 Å². The fourth-order valence-corrected chi connectivity index (χ4v) is 5.12. The summed E-state index contributed by atoms with van der Waals surface area (Å²) in [7, 11) is -3.72. The quantitative estimate of drug-likeness (QED) is 0.670. The number of hydrogen-bond acceptors (Lipinski definition) is 7. The molecule has 1 unspecified atom stereocenters. The van der Waals surface area contributed by atoms with Gasteiger partial charge in [-0.3, -0.25) is 4.79 Å². The van der Waals surface area contributed by atoms with Gasteiger partial charge in [-0.2, -0.15) is 14.5 Å². The first-order chi connectivity index (χ1) is 12.8. The smallest absolute Gasteiger partial charge is 0.248 e. The van der Waals surface area contributed by atoms with Crippen LogP contribution in [0.5, 0.6) is 0 Å². The van der Waals surface area contributed by atoms with Crippen LogP contribution in [0.2, 0.25) is 0 Å². The maximum Gasteiger partial charge on any atom is 0.248 e. The fourth-order valence-electron chi connectivity index (χ4n) is 3.33. The molecule has 1 aromatic heterocycles. The Labute approximate surface area is 158 Å². The van der Waals surface area contributed by atoms with E-state index in [0.717, 1.165) is 0 Å². The molecule has 2 aliphatic rings. The van der Waals surface area contributed by atoms with Gasteiger partial charge in [0.15, 0.2) is 11.4 Å². The lowest BCUT2D eigenvalue weighted by Gasteiger charge is -2.16. The van der Waals surface area contributed by atoms with Crippen molar-refractivity contribution in [3.8, 4) is 12.3 Å². The molecule has 0 aromatic carbocycles. The van der Waals surface area contributed by atoms with Gasteiger partial charge in [-0.15, -0.1) is 12.3 Å². The molecule has 0 bridgehead atoms. The van der Waals surface area contributed by atoms with E-state index in [-0.39, 0.29) is 29.0 Å². The molecule has 3 heterocycles. The normalized spacial score (nSPS) is 21.1. The maximum absolute atomic E-state index is 12.8. The lowest BCUT2D eigenvalue weighted by atomic mass is 10.0. The Morgan fingerprint density at radius 2 is 2.15 bits per heavy atom. The summed E-state index contributed by atoms with van der Waals surface area (Å²) in [5.74, 6) is 2.29. The molecule has 9 nitrogen and oxygen atoms in total. The summed E-state index contributed by atoms with van der Waals surface area (Å²) in [6.45, 7) is 4.03. The minimum Gasteiger partial charge on any atom is -0.360 e. The van der Waals surface area contributed by atoms with Crippen LogP contribution in [0.4, 0.5) is 0 Å². The fraction of sp³-hybridized carbons (Fsp3) is 0.647. The van der Waals surface area contributed by atoms with Crippen molar-refractivity contribution in [2.24, 2.45) is 16.1 Å². The van der Waals surface area contributed by atoms with Crippen molar-refractivity contribution < 1.29 is 17.7 Å². The Morgan fingerprint density at radius 3 is 2.74 bits per heavy atom. The van der Waals surface area contributed by atoms with Crippen molar-refractivity contribution in [1.29, 1.82) is 0 Å². The van der Waals surface area contributed by atoms with Crippen molar-refractivity contribution in [2.45, 2.75) is 50.1 Å². The highest BCUT2D eigenvalue weighted by atomic mass is 32.2. The summed E-state index contributed by atoms with van der Waals surface area (Å²) in [4.78, 5) is 12.5. The van der Waals surface area contributed by atoms with E-state index in [4.69, 9.17) is 10.9 Å². The lowest BCUT2D eigenvalue weighted by molar-refractivity contribution is -0.124. The largest absolute Gasteiger partial charge is 0.360 e. The van der Waals surface area contributed by atoms with E-state index in [0.29, 0.717) is 44.5 Å². The van der Waals surface area contributed by atoms with Crippen LogP contribution >= 0.6 is 0 Å². The molecule has 27 heavy (non-hydrogen) atoms. The number of terminal acetylenes is 1. The average Bonchev–Trinajstić information content (AvgIpc) is 3.04. The molecule has 1 fully saturated rings. The minimum absolute atomic E-state index is 0.0935. The van der Waals surface area contributed by atoms with Crippen LogP contribution in [0.1, 0.15) is 37.1 Å². The molecule has 1 aromatic rings. The molecule has 0 saturated carbocycles. The van der Waals surface area contributed by atoms with Gasteiger partial charge in [-0.25, -0.2) is 8.42 Å². The molecule has 0 spiro atoms. The maximum atomic E-state index is 12.8. The van der Waals surface area contributed by atoms with Gasteiger partial charge >= 0.3 is 0 Å². The number of nitrogens with zero attached hydrogens (tertiary/aromatic N) is 4. The van der Waals surface area contributed by atoms with Crippen LogP contribution in [0.3, 0.4) is 0 Å². The monoisotopic (exact) mass is 393 g/mol. The molecule has 1 amide bonds. The second-order valence-electron chi connectivity index (χ2n) is 6.93. The second-order valence-corrected chi connectivity index (χ2v) is 8.80. The molecule has 10 heteroatoms. The number of sulfonamides is 1. The third-order valence-corrected chi connectivity index (χ3v) is 7.07. The van der Waals surface area contributed by atoms with Crippen molar-refractivity contribution in [1.82, 2.24) is 14.8 Å². The number of aromatic nitrogens is 1. The van der Waals surface area contributed by atoms with E-state index in [9.17, 15) is 13.2 Å². The highest BCUT2D eigenvalue weighted by molar-refractivity contribution is 7.89. The first kappa shape index (κ1) is 19.5. The summed E-state index contributed by atoms with van der Waals surface area (Å²) in [6, 6.07) is 0. The number of nitrogens with one attached hydrogen (secondary N) is 1. The van der Waals surface area contributed by atoms with Crippen LogP contribution in [0.25, 0.3) is 0 Å². The van der Waals surface area contributed by atoms with Crippen molar-refractivity contribution >= 4 is 15.9 Å². The molecule has 146 valence electrons. The Bertz CT molecular complexity index is 873. The molecular formula is C17H23N5O4S. The predicted molar refractivity (Wildman–Crippen MR) is 96.1 cm³/mol. The highest BCUT2D eigenvalue weighted by Gasteiger charge is 2.40. The molecule has 1 atom stereocenters. The van der Waals surface area contributed by atoms with E-state index >= 15 is 0 Å². The van der Waals surface area contributed by atoms with Crippen molar-refractivity contribution in [3.63, 3.8) is 0 Å². The molecule has 0 radical (unpaired) electrons. The van der Waals surface area contributed by atoms with Crippen LogP contribution in [0.15, 0.2) is 19.6 Å². The first-order valence-corrected chi connectivity index (χ1v) is 10.3. The zero-order chi connectivity index (χ0) is 19.7. The van der Waals surface area contributed by atoms with Crippen molar-refractivity contribution in [2.75, 3.05) is 19.6 Å². The zero-order valence-electron chi connectivity index (χ0n) is 15.4. The zero-order valence-corrected chi connectivity index (χ0v) is 16.3. The van der Waals surface area contributed by atoms with Crippen LogP contribution in [-0.4, -0.2) is 49.1 Å². The Morgan fingerprint density at radius 1 is 1.41 bits per heavy atom. The van der Waals surface area contributed by atoms with Gasteiger partial charge < -0.3 is 9.84 Å². The molecule has 1 saturated heterocycles. The van der Waals surface area contributed by atoms with Gasteiger partial charge in [-0.1, -0.05) is 5.16 Å². The number of aryl methyl sites for hydroxylation is 2. The van der Waals surface area contributed by atoms with Gasteiger partial charge in [0.2, 0.25) is 15.9 Å². The van der Waals surface area contributed by atoms with Crippen LogP contribution < -0.4 is 5.32 Å². The highest BCUT2D eigenvalue weighted by Crippen LogP contribution is 2.36. The van der Waals surface area contributed by atoms with Crippen LogP contribution in [-0.2, 0) is 14.8 Å². The van der Waals surface area contributed by atoms with E-state index in [1.807, 2.05) is 0 Å². The molecule has 2 aliphatic heterocycles. The molecule has 3 rings (SSSR count). The van der Waals surface area contributed by atoms with Gasteiger partial charge in [0.1, 0.15) is 10.6 Å². The van der Waals surface area contributed by atoms with E-state index in [1.165, 1.54) is 4.31 Å². The Balaban J connectivity index is 1.52. The third kappa shape index (κ3) is 4.04. The summed E-state index contributed by atoms with van der Waals surface area (Å²) < 4.78 is 31.9. The van der Waals surface area contributed by atoms with Gasteiger partial charge in [0.25, 0.3) is 0 Å². The number of carbonyl (C=O) groups excluding carboxylic acids is 1. The second kappa shape index (κ2) is 7.40. The van der Waals surface area contributed by atoms with Gasteiger partial charge in [-0.05, 0) is 20.3 Å². The number of carbonyl (C=O) groups is 1. The summed E-state index contributed by atoms with van der Waals surface area (Å²) in [5, 5.41) is 14.6. The van der Waals surface area contributed by atoms with E-state index in [1.54, 1.807) is 13.8 Å². The molecule has 1 N–H and O–H groups in total. The summed E-state index contributed by atoms with van der Waals surface area (Å²) in [6.07, 6.45) is 7.62. The Hall–Kier alpha value is -2.25. The van der Waals surface area contributed by atoms with E-state index in [2.05, 4.69) is 26.6 Å². The molecular weight excluding hydrogens is 370 g/mol. The predicted octanol–water partition coefficient (Wildman–Crippen LogP) is 1.38. The van der Waals surface area contributed by atoms with Crippen LogP contribution in [0, 0.1) is 32.1 Å². The van der Waals surface area contributed by atoms with Gasteiger partial charge in [0.05, 0.1) is 5.92 Å². The summed E-state index contributed by atoms with van der Waals surface area (Å²) >= 11 is 0. The number of hydrogen-bond donors (Lipinski definition) is 1. The Kier molecular flexibility index (Phi) is 5.35. The standard InChI is InChI=1S/C17H23N5O4S/c1-4-5-7-17(20-21-17)8-9-18-16(23)14-6-10-22(11-14)27(24,25)15-12(2)19-26-13(15)3/h1,14H,5-11H2,2-3H3,(H,18,23). The topological polar surface area (TPSA) is 117 Å². The lowest BCUT2D eigenvalue weighted by Crippen LogP contribution is -2.36. The summed E-state index contributed by atoms with van der Waals surface area (Å²) in [5.41, 5.74) is -0.108. The first-order valence-electron chi connectivity index (χ1n) is 8.87. The minimum atomic E-state index is -3.72. The number of amides is 1.